The van der Waals surface area contributed by atoms with Gasteiger partial charge in [-0.05, 0) is 38.8 Å². The van der Waals surface area contributed by atoms with Gasteiger partial charge in [0.15, 0.2) is 0 Å². The van der Waals surface area contributed by atoms with Crippen molar-refractivity contribution < 1.29 is 14.3 Å². The molecule has 0 aromatic heterocycles. The number of carbonyl (C=O) groups is 1. The number of allylic oxidation sites excluding steroid dienone is 1. The molecule has 0 heterocycles. The van der Waals surface area contributed by atoms with Crippen molar-refractivity contribution in [3.63, 3.8) is 0 Å². The zero-order valence-corrected chi connectivity index (χ0v) is 11.4. The maximum atomic E-state index is 11.6. The van der Waals surface area contributed by atoms with Gasteiger partial charge in [-0.3, -0.25) is 0 Å². The predicted molar refractivity (Wildman–Crippen MR) is 71.7 cm³/mol. The highest BCUT2D eigenvalue weighted by Gasteiger charge is 2.10. The van der Waals surface area contributed by atoms with E-state index in [-0.39, 0.29) is 5.97 Å². The lowest BCUT2D eigenvalue weighted by molar-refractivity contribution is -0.138. The lowest BCUT2D eigenvalue weighted by atomic mass is 10.0. The molecular formula is C15H20O3. The van der Waals surface area contributed by atoms with Gasteiger partial charge in [0.05, 0.1) is 13.7 Å². The van der Waals surface area contributed by atoms with E-state index in [1.54, 1.807) is 21.0 Å². The molecule has 0 amide bonds. The van der Waals surface area contributed by atoms with Gasteiger partial charge in [-0.15, -0.1) is 0 Å². The average molecular weight is 248 g/mol. The molecule has 18 heavy (non-hydrogen) atoms. The Morgan fingerprint density at radius 1 is 1.22 bits per heavy atom. The van der Waals surface area contributed by atoms with Crippen LogP contribution in [0.3, 0.4) is 0 Å². The number of benzene rings is 1. The van der Waals surface area contributed by atoms with E-state index in [2.05, 4.69) is 0 Å². The Bertz CT molecular complexity index is 447. The summed E-state index contributed by atoms with van der Waals surface area (Å²) in [6.45, 7) is 5.94. The van der Waals surface area contributed by atoms with Gasteiger partial charge in [0.2, 0.25) is 0 Å². The minimum absolute atomic E-state index is 0.245. The van der Waals surface area contributed by atoms with Crippen LogP contribution in [0.2, 0.25) is 0 Å². The molecule has 3 nitrogen and oxygen atoms in total. The summed E-state index contributed by atoms with van der Waals surface area (Å²) in [5, 5.41) is 0. The summed E-state index contributed by atoms with van der Waals surface area (Å²) in [4.78, 5) is 11.6. The third-order valence-electron chi connectivity index (χ3n) is 2.87. The zero-order chi connectivity index (χ0) is 13.5. The number of ether oxygens (including phenoxy) is 2. The van der Waals surface area contributed by atoms with Crippen LogP contribution in [0.4, 0.5) is 0 Å². The molecule has 1 rings (SSSR count). The van der Waals surface area contributed by atoms with E-state index in [4.69, 9.17) is 9.47 Å². The topological polar surface area (TPSA) is 35.5 Å². The molecule has 3 heteroatoms. The van der Waals surface area contributed by atoms with Crippen molar-refractivity contribution in [3.05, 3.63) is 41.0 Å². The van der Waals surface area contributed by atoms with Crippen molar-refractivity contribution in [1.82, 2.24) is 0 Å². The summed E-state index contributed by atoms with van der Waals surface area (Å²) in [6.07, 6.45) is 0.689. The van der Waals surface area contributed by atoms with Crippen LogP contribution < -0.4 is 4.74 Å². The van der Waals surface area contributed by atoms with Crippen LogP contribution in [0.25, 0.3) is 0 Å². The molecule has 0 saturated heterocycles. The molecule has 0 radical (unpaired) electrons. The SMILES string of the molecule is CCOC(=O)/C(C)=C(/C)Cc1ccccc1OC. The highest BCUT2D eigenvalue weighted by atomic mass is 16.5. The molecule has 1 aromatic carbocycles. The van der Waals surface area contributed by atoms with Crippen molar-refractivity contribution in [2.75, 3.05) is 13.7 Å². The number of methoxy groups -OCH3 is 1. The minimum atomic E-state index is -0.245. The van der Waals surface area contributed by atoms with Crippen molar-refractivity contribution >= 4 is 5.97 Å². The van der Waals surface area contributed by atoms with Crippen molar-refractivity contribution in [3.8, 4) is 5.75 Å². The predicted octanol–water partition coefficient (Wildman–Crippen LogP) is 3.14. The Labute approximate surface area is 108 Å². The molecule has 0 saturated carbocycles. The first-order chi connectivity index (χ1) is 8.60. The third-order valence-corrected chi connectivity index (χ3v) is 2.87. The number of hydrogen-bond donors (Lipinski definition) is 0. The first-order valence-corrected chi connectivity index (χ1v) is 6.05. The fraction of sp³-hybridized carbons (Fsp3) is 0.400. The van der Waals surface area contributed by atoms with Gasteiger partial charge in [-0.2, -0.15) is 0 Å². The lowest BCUT2D eigenvalue weighted by Crippen LogP contribution is -2.08. The fourth-order valence-corrected chi connectivity index (χ4v) is 1.68. The van der Waals surface area contributed by atoms with Gasteiger partial charge in [-0.25, -0.2) is 4.79 Å². The molecule has 0 unspecified atom stereocenters. The quantitative estimate of drug-likeness (QED) is 0.593. The molecule has 0 N–H and O–H groups in total. The Hall–Kier alpha value is -1.77. The molecule has 0 aliphatic heterocycles. The second-order valence-corrected chi connectivity index (χ2v) is 4.11. The maximum absolute atomic E-state index is 11.6. The summed E-state index contributed by atoms with van der Waals surface area (Å²) in [5.41, 5.74) is 2.74. The molecular weight excluding hydrogens is 228 g/mol. The van der Waals surface area contributed by atoms with Crippen LogP contribution in [-0.2, 0) is 16.0 Å². The third kappa shape index (κ3) is 3.62. The number of esters is 1. The molecule has 0 bridgehead atoms. The standard InChI is InChI=1S/C15H20O3/c1-5-18-15(16)12(3)11(2)10-13-8-6-7-9-14(13)17-4/h6-9H,5,10H2,1-4H3/b12-11-. The minimum Gasteiger partial charge on any atom is -0.496 e. The summed E-state index contributed by atoms with van der Waals surface area (Å²) in [6, 6.07) is 7.81. The van der Waals surface area contributed by atoms with Crippen LogP contribution in [0, 0.1) is 0 Å². The monoisotopic (exact) mass is 248 g/mol. The number of para-hydroxylation sites is 1. The summed E-state index contributed by atoms with van der Waals surface area (Å²) < 4.78 is 10.3. The number of hydrogen-bond acceptors (Lipinski definition) is 3. The maximum Gasteiger partial charge on any atom is 0.333 e. The van der Waals surface area contributed by atoms with Crippen LogP contribution in [0.1, 0.15) is 26.3 Å². The summed E-state index contributed by atoms with van der Waals surface area (Å²) >= 11 is 0. The van der Waals surface area contributed by atoms with Crippen LogP contribution in [0.15, 0.2) is 35.4 Å². The largest absolute Gasteiger partial charge is 0.496 e. The highest BCUT2D eigenvalue weighted by Crippen LogP contribution is 2.22. The molecule has 0 aliphatic rings. The second kappa shape index (κ2) is 6.84. The smallest absolute Gasteiger partial charge is 0.333 e. The van der Waals surface area contributed by atoms with Gasteiger partial charge < -0.3 is 9.47 Å². The van der Waals surface area contributed by atoms with Gasteiger partial charge in [0, 0.05) is 5.57 Å². The molecule has 1 aromatic rings. The van der Waals surface area contributed by atoms with Crippen molar-refractivity contribution in [1.29, 1.82) is 0 Å². The van der Waals surface area contributed by atoms with E-state index in [0.29, 0.717) is 18.6 Å². The first kappa shape index (κ1) is 14.3. The zero-order valence-electron chi connectivity index (χ0n) is 11.4. The van der Waals surface area contributed by atoms with E-state index < -0.39 is 0 Å². The van der Waals surface area contributed by atoms with Crippen molar-refractivity contribution in [2.45, 2.75) is 27.2 Å². The normalized spacial score (nSPS) is 11.8. The van der Waals surface area contributed by atoms with E-state index in [1.165, 1.54) is 0 Å². The van der Waals surface area contributed by atoms with Crippen LogP contribution in [0.5, 0.6) is 5.75 Å². The van der Waals surface area contributed by atoms with Gasteiger partial charge in [0.1, 0.15) is 5.75 Å². The second-order valence-electron chi connectivity index (χ2n) is 4.11. The Balaban J connectivity index is 2.89. The Morgan fingerprint density at radius 2 is 1.89 bits per heavy atom. The Kier molecular flexibility index (Phi) is 5.43. The first-order valence-electron chi connectivity index (χ1n) is 6.05. The van der Waals surface area contributed by atoms with Gasteiger partial charge >= 0.3 is 5.97 Å². The van der Waals surface area contributed by atoms with Crippen LogP contribution >= 0.6 is 0 Å². The number of carbonyl (C=O) groups excluding carboxylic acids is 1. The Morgan fingerprint density at radius 3 is 2.50 bits per heavy atom. The van der Waals surface area contributed by atoms with Gasteiger partial charge in [0.25, 0.3) is 0 Å². The van der Waals surface area contributed by atoms with E-state index in [0.717, 1.165) is 16.9 Å². The fourth-order valence-electron chi connectivity index (χ4n) is 1.68. The highest BCUT2D eigenvalue weighted by molar-refractivity contribution is 5.88. The van der Waals surface area contributed by atoms with E-state index in [9.17, 15) is 4.79 Å². The summed E-state index contributed by atoms with van der Waals surface area (Å²) in [7, 11) is 1.65. The van der Waals surface area contributed by atoms with E-state index in [1.807, 2.05) is 31.2 Å². The molecule has 0 fully saturated rings. The van der Waals surface area contributed by atoms with Crippen LogP contribution in [-0.4, -0.2) is 19.7 Å². The lowest BCUT2D eigenvalue weighted by Gasteiger charge is -2.10. The molecule has 98 valence electrons. The van der Waals surface area contributed by atoms with Crippen molar-refractivity contribution in [2.24, 2.45) is 0 Å². The number of rotatable bonds is 5. The average Bonchev–Trinajstić information content (AvgIpc) is 2.38. The van der Waals surface area contributed by atoms with Gasteiger partial charge in [-0.1, -0.05) is 23.8 Å². The molecule has 0 spiro atoms. The molecule has 0 atom stereocenters. The van der Waals surface area contributed by atoms with E-state index >= 15 is 0 Å². The summed E-state index contributed by atoms with van der Waals surface area (Å²) in [5.74, 6) is 0.596. The molecule has 0 aliphatic carbocycles.